The first kappa shape index (κ1) is 21.5. The van der Waals surface area contributed by atoms with Crippen LogP contribution in [0.15, 0.2) is 30.5 Å². The first-order chi connectivity index (χ1) is 13.1. The average molecular weight is 399 g/mol. The third kappa shape index (κ3) is 6.71. The minimum atomic E-state index is -4.47. The number of aryl methyl sites for hydroxylation is 1. The largest absolute Gasteiger partial charge is 0.417 e. The van der Waals surface area contributed by atoms with Gasteiger partial charge in [-0.05, 0) is 43.5 Å². The standard InChI is InChI=1S/C19H21F4N3O2/c1-12-7-8-14(20)10-15(12)25-17(27)5-3-2-4-6-18(28)26-16-9-13(11-24-16)19(21,22)23/h7-11,24H,2-6H2,1H3,(H,25,27)(H,26,28). The van der Waals surface area contributed by atoms with Crippen molar-refractivity contribution in [3.63, 3.8) is 0 Å². The lowest BCUT2D eigenvalue weighted by atomic mass is 10.1. The number of nitrogens with one attached hydrogen (secondary N) is 3. The van der Waals surface area contributed by atoms with Crippen molar-refractivity contribution in [2.24, 2.45) is 0 Å². The number of hydrogen-bond acceptors (Lipinski definition) is 2. The average Bonchev–Trinajstić information content (AvgIpc) is 3.06. The third-order valence-electron chi connectivity index (χ3n) is 4.07. The van der Waals surface area contributed by atoms with E-state index >= 15 is 0 Å². The van der Waals surface area contributed by atoms with Gasteiger partial charge in [0.25, 0.3) is 0 Å². The molecule has 5 nitrogen and oxygen atoms in total. The molecule has 0 aliphatic rings. The minimum Gasteiger partial charge on any atom is -0.348 e. The quantitative estimate of drug-likeness (QED) is 0.431. The molecule has 3 N–H and O–H groups in total. The lowest BCUT2D eigenvalue weighted by Gasteiger charge is -2.08. The Hall–Kier alpha value is -2.84. The van der Waals surface area contributed by atoms with Gasteiger partial charge in [-0.2, -0.15) is 13.2 Å². The number of anilines is 2. The van der Waals surface area contributed by atoms with Crippen molar-refractivity contribution < 1.29 is 27.2 Å². The molecule has 0 saturated heterocycles. The fourth-order valence-electron chi connectivity index (χ4n) is 2.53. The highest BCUT2D eigenvalue weighted by Gasteiger charge is 2.31. The molecule has 0 bridgehead atoms. The zero-order chi connectivity index (χ0) is 20.7. The van der Waals surface area contributed by atoms with Crippen molar-refractivity contribution in [3.8, 4) is 0 Å². The van der Waals surface area contributed by atoms with Crippen LogP contribution in [0.5, 0.6) is 0 Å². The summed E-state index contributed by atoms with van der Waals surface area (Å²) in [7, 11) is 0. The van der Waals surface area contributed by atoms with Crippen LogP contribution in [-0.2, 0) is 15.8 Å². The number of hydrogen-bond donors (Lipinski definition) is 3. The Morgan fingerprint density at radius 3 is 2.25 bits per heavy atom. The molecule has 152 valence electrons. The number of aromatic nitrogens is 1. The molecule has 0 unspecified atom stereocenters. The number of halogens is 4. The maximum Gasteiger partial charge on any atom is 0.417 e. The summed E-state index contributed by atoms with van der Waals surface area (Å²) >= 11 is 0. The number of rotatable bonds is 8. The van der Waals surface area contributed by atoms with Crippen molar-refractivity contribution >= 4 is 23.3 Å². The summed E-state index contributed by atoms with van der Waals surface area (Å²) in [6.45, 7) is 1.76. The fraction of sp³-hybridized carbons (Fsp3) is 0.368. The summed E-state index contributed by atoms with van der Waals surface area (Å²) in [5.74, 6) is -1.10. The lowest BCUT2D eigenvalue weighted by Crippen LogP contribution is -2.13. The van der Waals surface area contributed by atoms with Crippen molar-refractivity contribution in [2.45, 2.75) is 45.2 Å². The van der Waals surface area contributed by atoms with E-state index in [1.807, 2.05) is 0 Å². The van der Waals surface area contributed by atoms with Crippen LogP contribution in [0.25, 0.3) is 0 Å². The molecule has 0 atom stereocenters. The van der Waals surface area contributed by atoms with Gasteiger partial charge in [0.05, 0.1) is 5.56 Å². The highest BCUT2D eigenvalue weighted by molar-refractivity contribution is 5.91. The lowest BCUT2D eigenvalue weighted by molar-refractivity contribution is -0.137. The number of H-pyrrole nitrogens is 1. The van der Waals surface area contributed by atoms with Crippen LogP contribution in [0, 0.1) is 12.7 Å². The predicted molar refractivity (Wildman–Crippen MR) is 97.3 cm³/mol. The predicted octanol–water partition coefficient (Wildman–Crippen LogP) is 5.01. The molecular weight excluding hydrogens is 378 g/mol. The summed E-state index contributed by atoms with van der Waals surface area (Å²) < 4.78 is 50.7. The molecule has 1 aromatic heterocycles. The van der Waals surface area contributed by atoms with Crippen LogP contribution in [-0.4, -0.2) is 16.8 Å². The van der Waals surface area contributed by atoms with Crippen LogP contribution in [0.3, 0.4) is 0 Å². The molecule has 0 saturated carbocycles. The van der Waals surface area contributed by atoms with E-state index in [0.717, 1.165) is 17.8 Å². The molecule has 0 aliphatic carbocycles. The number of carbonyl (C=O) groups excluding carboxylic acids is 2. The van der Waals surface area contributed by atoms with Crippen LogP contribution in [0.2, 0.25) is 0 Å². The second kappa shape index (κ2) is 9.38. The van der Waals surface area contributed by atoms with Gasteiger partial charge in [0.2, 0.25) is 11.8 Å². The van der Waals surface area contributed by atoms with Gasteiger partial charge in [-0.25, -0.2) is 4.39 Å². The highest BCUT2D eigenvalue weighted by Crippen LogP contribution is 2.30. The van der Waals surface area contributed by atoms with Crippen molar-refractivity contribution in [3.05, 3.63) is 47.4 Å². The van der Waals surface area contributed by atoms with Crippen molar-refractivity contribution in [1.29, 1.82) is 0 Å². The zero-order valence-electron chi connectivity index (χ0n) is 15.3. The molecular formula is C19H21F4N3O2. The van der Waals surface area contributed by atoms with Gasteiger partial charge in [-0.15, -0.1) is 0 Å². The third-order valence-corrected chi connectivity index (χ3v) is 4.07. The molecule has 0 spiro atoms. The van der Waals surface area contributed by atoms with E-state index in [0.29, 0.717) is 24.9 Å². The van der Waals surface area contributed by atoms with Gasteiger partial charge in [0.1, 0.15) is 11.6 Å². The summed E-state index contributed by atoms with van der Waals surface area (Å²) in [4.78, 5) is 26.0. The number of carbonyl (C=O) groups is 2. The van der Waals surface area contributed by atoms with Crippen LogP contribution in [0.4, 0.5) is 29.1 Å². The Morgan fingerprint density at radius 2 is 1.64 bits per heavy atom. The number of alkyl halides is 3. The van der Waals surface area contributed by atoms with Crippen molar-refractivity contribution in [2.75, 3.05) is 10.6 Å². The zero-order valence-corrected chi connectivity index (χ0v) is 15.3. The van der Waals surface area contributed by atoms with E-state index in [1.54, 1.807) is 13.0 Å². The molecule has 2 rings (SSSR count). The topological polar surface area (TPSA) is 74.0 Å². The minimum absolute atomic E-state index is 0.0119. The molecule has 0 radical (unpaired) electrons. The molecule has 2 amide bonds. The first-order valence-electron chi connectivity index (χ1n) is 8.76. The normalized spacial score (nSPS) is 11.3. The van der Waals surface area contributed by atoms with E-state index in [-0.39, 0.29) is 24.6 Å². The van der Waals surface area contributed by atoms with E-state index in [2.05, 4.69) is 15.6 Å². The second-order valence-electron chi connectivity index (χ2n) is 6.42. The Kier molecular flexibility index (Phi) is 7.19. The Bertz CT molecular complexity index is 831. The Balaban J connectivity index is 1.64. The SMILES string of the molecule is Cc1ccc(F)cc1NC(=O)CCCCCC(=O)Nc1cc(C(F)(F)F)c[nH]1. The maximum absolute atomic E-state index is 13.2. The van der Waals surface area contributed by atoms with E-state index in [9.17, 15) is 27.2 Å². The number of benzene rings is 1. The summed E-state index contributed by atoms with van der Waals surface area (Å²) in [6.07, 6.45) is -1.70. The van der Waals surface area contributed by atoms with Gasteiger partial charge < -0.3 is 15.6 Å². The van der Waals surface area contributed by atoms with Crippen LogP contribution >= 0.6 is 0 Å². The first-order valence-corrected chi connectivity index (χ1v) is 8.76. The summed E-state index contributed by atoms with van der Waals surface area (Å²) in [5, 5.41) is 5.01. The van der Waals surface area contributed by atoms with Crippen molar-refractivity contribution in [1.82, 2.24) is 4.98 Å². The molecule has 1 aromatic carbocycles. The van der Waals surface area contributed by atoms with Gasteiger partial charge >= 0.3 is 6.18 Å². The Morgan fingerprint density at radius 1 is 1.00 bits per heavy atom. The van der Waals surface area contributed by atoms with Crippen LogP contribution in [0.1, 0.15) is 43.2 Å². The second-order valence-corrected chi connectivity index (χ2v) is 6.42. The molecule has 28 heavy (non-hydrogen) atoms. The number of aromatic amines is 1. The molecule has 2 aromatic rings. The molecule has 1 heterocycles. The maximum atomic E-state index is 13.2. The number of unbranched alkanes of at least 4 members (excludes halogenated alkanes) is 2. The molecule has 9 heteroatoms. The van der Waals surface area contributed by atoms with Gasteiger partial charge in [-0.3, -0.25) is 9.59 Å². The highest BCUT2D eigenvalue weighted by atomic mass is 19.4. The van der Waals surface area contributed by atoms with Crippen LogP contribution < -0.4 is 10.6 Å². The molecule has 0 fully saturated rings. The number of amides is 2. The van der Waals surface area contributed by atoms with Gasteiger partial charge in [0, 0.05) is 24.7 Å². The Labute approximate surface area is 159 Å². The molecule has 0 aliphatic heterocycles. The van der Waals surface area contributed by atoms with Gasteiger partial charge in [-0.1, -0.05) is 12.5 Å². The van der Waals surface area contributed by atoms with E-state index in [4.69, 9.17) is 0 Å². The smallest absolute Gasteiger partial charge is 0.348 e. The summed E-state index contributed by atoms with van der Waals surface area (Å²) in [5.41, 5.74) is 0.320. The summed E-state index contributed by atoms with van der Waals surface area (Å²) in [6, 6.07) is 4.97. The van der Waals surface area contributed by atoms with E-state index < -0.39 is 23.5 Å². The van der Waals surface area contributed by atoms with Gasteiger partial charge in [0.15, 0.2) is 0 Å². The fourth-order valence-corrected chi connectivity index (χ4v) is 2.53. The van der Waals surface area contributed by atoms with E-state index in [1.165, 1.54) is 12.1 Å². The monoisotopic (exact) mass is 399 g/mol.